The molecule has 1 aromatic heterocycles. The van der Waals surface area contributed by atoms with Crippen LogP contribution in [-0.2, 0) is 6.54 Å². The van der Waals surface area contributed by atoms with Gasteiger partial charge in [-0.05, 0) is 36.6 Å². The van der Waals surface area contributed by atoms with Crippen LogP contribution in [0.1, 0.15) is 24.8 Å². The van der Waals surface area contributed by atoms with Crippen LogP contribution in [0.15, 0.2) is 36.4 Å². The van der Waals surface area contributed by atoms with Crippen molar-refractivity contribution in [3.8, 4) is 5.75 Å². The summed E-state index contributed by atoms with van der Waals surface area (Å²) in [7, 11) is 1.59. The summed E-state index contributed by atoms with van der Waals surface area (Å²) in [5.41, 5.74) is 1.54. The van der Waals surface area contributed by atoms with Crippen LogP contribution in [0, 0.1) is 18.4 Å². The Morgan fingerprint density at radius 2 is 1.91 bits per heavy atom. The van der Waals surface area contributed by atoms with E-state index in [2.05, 4.69) is 25.3 Å². The minimum atomic E-state index is -0.222. The van der Waals surface area contributed by atoms with Gasteiger partial charge in [0, 0.05) is 42.2 Å². The Morgan fingerprint density at radius 1 is 1.15 bits per heavy atom. The zero-order valence-corrected chi connectivity index (χ0v) is 20.4. The summed E-state index contributed by atoms with van der Waals surface area (Å²) in [5.74, 6) is 2.63. The van der Waals surface area contributed by atoms with Crippen LogP contribution in [0.4, 0.5) is 17.3 Å². The maximum Gasteiger partial charge on any atom is 0.188 e. The van der Waals surface area contributed by atoms with E-state index in [1.807, 2.05) is 36.4 Å². The number of methoxy groups -OCH3 is 1. The molecule has 3 aromatic rings. The van der Waals surface area contributed by atoms with Crippen molar-refractivity contribution in [3.05, 3.63) is 58.4 Å². The molecule has 7 nitrogen and oxygen atoms in total. The largest absolute Gasteiger partial charge is 0.495 e. The number of ether oxygens (including phenoxy) is 1. The van der Waals surface area contributed by atoms with Crippen molar-refractivity contribution in [3.63, 3.8) is 0 Å². The molecule has 1 saturated carbocycles. The van der Waals surface area contributed by atoms with Crippen molar-refractivity contribution in [2.24, 2.45) is 11.8 Å². The maximum absolute atomic E-state index is 10.6. The fourth-order valence-corrected chi connectivity index (χ4v) is 5.43. The topological polar surface area (TPSA) is 74.9 Å². The molecule has 1 aliphatic carbocycles. The quantitative estimate of drug-likeness (QED) is 0.453. The fourth-order valence-electron chi connectivity index (χ4n) is 5.15. The van der Waals surface area contributed by atoms with Gasteiger partial charge in [0.2, 0.25) is 0 Å². The van der Waals surface area contributed by atoms with Crippen molar-refractivity contribution in [1.82, 2.24) is 10.2 Å². The van der Waals surface area contributed by atoms with Crippen molar-refractivity contribution < 1.29 is 9.84 Å². The van der Waals surface area contributed by atoms with E-state index in [9.17, 15) is 5.11 Å². The third kappa shape index (κ3) is 4.58. The molecule has 34 heavy (non-hydrogen) atoms. The Balaban J connectivity index is 0.00000274. The van der Waals surface area contributed by atoms with E-state index in [-0.39, 0.29) is 30.3 Å². The molecule has 2 unspecified atom stereocenters. The van der Waals surface area contributed by atoms with Gasteiger partial charge in [-0.3, -0.25) is 0 Å². The Hall–Kier alpha value is -2.79. The van der Waals surface area contributed by atoms with Crippen LogP contribution < -0.4 is 15.0 Å². The molecule has 2 atom stereocenters. The second kappa shape index (κ2) is 10.2. The number of fused-ring (bicyclic) bond motifs is 3. The highest BCUT2D eigenvalue weighted by Crippen LogP contribution is 2.39. The molecular formula is C25H27Cl2N5O2. The molecule has 0 spiro atoms. The molecule has 178 valence electrons. The lowest BCUT2D eigenvalue weighted by Gasteiger charge is -2.45. The normalized spacial score (nSPS) is 21.5. The van der Waals surface area contributed by atoms with Gasteiger partial charge in [0.15, 0.2) is 17.3 Å². The summed E-state index contributed by atoms with van der Waals surface area (Å²) in [6, 6.07) is 11.3. The van der Waals surface area contributed by atoms with E-state index >= 15 is 0 Å². The number of nitrogens with zero attached hydrogens (tertiary/aromatic N) is 4. The van der Waals surface area contributed by atoms with Gasteiger partial charge in [-0.2, -0.15) is 0 Å². The van der Waals surface area contributed by atoms with Crippen LogP contribution in [0.5, 0.6) is 5.75 Å². The lowest BCUT2D eigenvalue weighted by atomic mass is 9.75. The van der Waals surface area contributed by atoms with Crippen molar-refractivity contribution >= 4 is 52.1 Å². The van der Waals surface area contributed by atoms with E-state index in [0.717, 1.165) is 48.1 Å². The number of halogens is 2. The van der Waals surface area contributed by atoms with Crippen LogP contribution in [-0.4, -0.2) is 41.6 Å². The summed E-state index contributed by atoms with van der Waals surface area (Å²) in [4.78, 5) is 5.87. The minimum absolute atomic E-state index is 0. The molecule has 2 aromatic carbocycles. The smallest absolute Gasteiger partial charge is 0.188 e. The number of benzene rings is 2. The number of aliphatic hydroxyl groups excluding tert-OH is 1. The number of aromatic nitrogens is 2. The molecule has 0 radical (unpaired) electrons. The van der Waals surface area contributed by atoms with Crippen LogP contribution in [0.25, 0.3) is 15.6 Å². The zero-order chi connectivity index (χ0) is 22.9. The zero-order valence-electron chi connectivity index (χ0n) is 18.9. The second-order valence-electron chi connectivity index (χ2n) is 8.88. The Morgan fingerprint density at radius 3 is 2.59 bits per heavy atom. The second-order valence-corrected chi connectivity index (χ2v) is 9.29. The SMILES string of the molecule is Cl.[C-]#[N+]c1ccc2c(N3CC4CCCC(C3)C4O)nnc(NCc3ccc(OC)c(Cl)c3)c2c1. The molecule has 0 amide bonds. The average molecular weight is 500 g/mol. The summed E-state index contributed by atoms with van der Waals surface area (Å²) in [6.45, 7) is 9.52. The number of hydrogen-bond acceptors (Lipinski definition) is 6. The number of piperidine rings is 1. The first-order valence-electron chi connectivity index (χ1n) is 11.2. The van der Waals surface area contributed by atoms with Crippen LogP contribution >= 0.6 is 24.0 Å². The number of hydrogen-bond donors (Lipinski definition) is 2. The molecule has 1 aliphatic heterocycles. The first kappa shape index (κ1) is 24.3. The Labute approximate surface area is 210 Å². The van der Waals surface area contributed by atoms with Crippen molar-refractivity contribution in [2.45, 2.75) is 31.9 Å². The van der Waals surface area contributed by atoms with Gasteiger partial charge in [-0.15, -0.1) is 22.6 Å². The van der Waals surface area contributed by atoms with Gasteiger partial charge in [0.25, 0.3) is 0 Å². The highest BCUT2D eigenvalue weighted by molar-refractivity contribution is 6.32. The molecular weight excluding hydrogens is 473 g/mol. The average Bonchev–Trinajstić information content (AvgIpc) is 2.82. The van der Waals surface area contributed by atoms with E-state index in [0.29, 0.717) is 28.8 Å². The van der Waals surface area contributed by atoms with Crippen molar-refractivity contribution in [2.75, 3.05) is 30.4 Å². The van der Waals surface area contributed by atoms with Gasteiger partial charge in [-0.25, -0.2) is 4.85 Å². The summed E-state index contributed by atoms with van der Waals surface area (Å²) in [6.07, 6.45) is 3.05. The van der Waals surface area contributed by atoms with E-state index in [1.54, 1.807) is 7.11 Å². The van der Waals surface area contributed by atoms with Gasteiger partial charge in [0.05, 0.1) is 24.8 Å². The fraction of sp³-hybridized carbons (Fsp3) is 0.400. The summed E-state index contributed by atoms with van der Waals surface area (Å²) >= 11 is 6.27. The molecule has 2 fully saturated rings. The number of rotatable bonds is 5. The van der Waals surface area contributed by atoms with Gasteiger partial charge in [-0.1, -0.05) is 36.2 Å². The van der Waals surface area contributed by atoms with Gasteiger partial charge >= 0.3 is 0 Å². The van der Waals surface area contributed by atoms with Gasteiger partial charge in [0.1, 0.15) is 5.75 Å². The Kier molecular flexibility index (Phi) is 7.32. The summed E-state index contributed by atoms with van der Waals surface area (Å²) < 4.78 is 5.23. The number of anilines is 2. The predicted octanol–water partition coefficient (Wildman–Crippen LogP) is 5.47. The third-order valence-corrected chi connectivity index (χ3v) is 7.17. The van der Waals surface area contributed by atoms with Crippen LogP contribution in [0.3, 0.4) is 0 Å². The highest BCUT2D eigenvalue weighted by atomic mass is 35.5. The predicted molar refractivity (Wildman–Crippen MR) is 137 cm³/mol. The third-order valence-electron chi connectivity index (χ3n) is 6.87. The van der Waals surface area contributed by atoms with Crippen molar-refractivity contribution in [1.29, 1.82) is 0 Å². The molecule has 2 bridgehead atoms. The Bertz CT molecular complexity index is 1220. The molecule has 1 saturated heterocycles. The molecule has 2 heterocycles. The highest BCUT2D eigenvalue weighted by Gasteiger charge is 2.39. The molecule has 9 heteroatoms. The van der Waals surface area contributed by atoms with Gasteiger partial charge < -0.3 is 20.1 Å². The lowest BCUT2D eigenvalue weighted by Crippen LogP contribution is -2.51. The number of nitrogens with one attached hydrogen (secondary N) is 1. The number of aliphatic hydroxyl groups is 1. The van der Waals surface area contributed by atoms with E-state index in [1.165, 1.54) is 6.42 Å². The maximum atomic E-state index is 10.6. The van der Waals surface area contributed by atoms with E-state index < -0.39 is 0 Å². The minimum Gasteiger partial charge on any atom is -0.495 e. The molecule has 5 rings (SSSR count). The van der Waals surface area contributed by atoms with Crippen LogP contribution in [0.2, 0.25) is 5.02 Å². The molecule has 2 aliphatic rings. The molecule has 2 N–H and O–H groups in total. The first-order valence-corrected chi connectivity index (χ1v) is 11.6. The monoisotopic (exact) mass is 499 g/mol. The first-order chi connectivity index (χ1) is 16.1. The summed E-state index contributed by atoms with van der Waals surface area (Å²) in [5, 5.41) is 25.4. The lowest BCUT2D eigenvalue weighted by molar-refractivity contribution is 0.00583. The standard InChI is InChI=1S/C25H26ClN5O2.ClH/c1-27-18-7-8-19-20(11-18)24(28-12-15-6-9-22(33-2)21(26)10-15)29-30-25(19)31-13-16-4-3-5-17(14-31)23(16)32;/h6-11,16-17,23,32H,3-5,12-14H2,2H3,(H,28,29);1H. The van der Waals surface area contributed by atoms with E-state index in [4.69, 9.17) is 22.9 Å².